The van der Waals surface area contributed by atoms with Gasteiger partial charge in [0.25, 0.3) is 5.91 Å². The Balaban J connectivity index is 1.86. The first-order valence-corrected chi connectivity index (χ1v) is 9.77. The molecular weight excluding hydrogens is 394 g/mol. The van der Waals surface area contributed by atoms with Gasteiger partial charge in [-0.1, -0.05) is 26.8 Å². The van der Waals surface area contributed by atoms with Crippen LogP contribution in [0.5, 0.6) is 11.5 Å². The number of amides is 1. The highest BCUT2D eigenvalue weighted by atomic mass is 79.9. The van der Waals surface area contributed by atoms with Crippen molar-refractivity contribution in [2.75, 3.05) is 18.5 Å². The molecule has 0 aliphatic rings. The number of carbonyl (C=O) groups is 1. The topological polar surface area (TPSA) is 47.6 Å². The number of carbonyl (C=O) groups excluding carboxylic acids is 1. The molecule has 0 aromatic heterocycles. The van der Waals surface area contributed by atoms with E-state index in [9.17, 15) is 4.79 Å². The highest BCUT2D eigenvalue weighted by molar-refractivity contribution is 9.10. The Bertz CT molecular complexity index is 716. The average Bonchev–Trinajstić information content (AvgIpc) is 2.65. The van der Waals surface area contributed by atoms with Gasteiger partial charge in [0.05, 0.1) is 11.1 Å². The van der Waals surface area contributed by atoms with Crippen LogP contribution in [-0.2, 0) is 4.79 Å². The summed E-state index contributed by atoms with van der Waals surface area (Å²) in [5, 5.41) is 2.82. The first-order chi connectivity index (χ1) is 12.5. The molecule has 0 spiro atoms. The van der Waals surface area contributed by atoms with Crippen LogP contribution in [0.25, 0.3) is 0 Å². The standard InChI is InChI=1S/C21H26BrNO3/c1-4-12-25-18-9-7-17(8-10-18)23-21(24)14-26-20-11-6-16(13-19(20)22)15(3)5-2/h6-11,13,15H,4-5,12,14H2,1-3H3,(H,23,24). The Morgan fingerprint density at radius 2 is 1.85 bits per heavy atom. The second-order valence-electron chi connectivity index (χ2n) is 6.21. The first kappa shape index (κ1) is 20.3. The maximum absolute atomic E-state index is 12.1. The van der Waals surface area contributed by atoms with E-state index in [-0.39, 0.29) is 12.5 Å². The van der Waals surface area contributed by atoms with Crippen LogP contribution >= 0.6 is 15.9 Å². The molecule has 0 aliphatic carbocycles. The number of anilines is 1. The lowest BCUT2D eigenvalue weighted by Crippen LogP contribution is -2.20. The van der Waals surface area contributed by atoms with Crippen LogP contribution in [0.1, 0.15) is 45.1 Å². The summed E-state index contributed by atoms with van der Waals surface area (Å²) in [6.45, 7) is 7.05. The van der Waals surface area contributed by atoms with E-state index >= 15 is 0 Å². The molecule has 1 atom stereocenters. The third kappa shape index (κ3) is 6.06. The van der Waals surface area contributed by atoms with E-state index in [1.165, 1.54) is 5.56 Å². The van der Waals surface area contributed by atoms with Gasteiger partial charge in [0.2, 0.25) is 0 Å². The molecule has 140 valence electrons. The van der Waals surface area contributed by atoms with Gasteiger partial charge < -0.3 is 14.8 Å². The van der Waals surface area contributed by atoms with E-state index in [0.29, 0.717) is 24.0 Å². The van der Waals surface area contributed by atoms with Crippen molar-refractivity contribution in [2.45, 2.75) is 39.5 Å². The summed E-state index contributed by atoms with van der Waals surface area (Å²) in [7, 11) is 0. The summed E-state index contributed by atoms with van der Waals surface area (Å²) < 4.78 is 12.0. The summed E-state index contributed by atoms with van der Waals surface area (Å²) in [6, 6.07) is 13.3. The van der Waals surface area contributed by atoms with Gasteiger partial charge >= 0.3 is 0 Å². The molecule has 0 radical (unpaired) electrons. The molecule has 2 aromatic rings. The molecule has 4 nitrogen and oxygen atoms in total. The molecule has 0 bridgehead atoms. The molecule has 0 heterocycles. The molecule has 2 rings (SSSR count). The van der Waals surface area contributed by atoms with Crippen LogP contribution in [0, 0.1) is 0 Å². The van der Waals surface area contributed by atoms with Gasteiger partial charge in [0.1, 0.15) is 11.5 Å². The highest BCUT2D eigenvalue weighted by Crippen LogP contribution is 2.30. The van der Waals surface area contributed by atoms with Crippen LogP contribution in [-0.4, -0.2) is 19.1 Å². The van der Waals surface area contributed by atoms with Crippen molar-refractivity contribution in [3.63, 3.8) is 0 Å². The highest BCUT2D eigenvalue weighted by Gasteiger charge is 2.09. The molecule has 1 amide bonds. The smallest absolute Gasteiger partial charge is 0.262 e. The van der Waals surface area contributed by atoms with E-state index < -0.39 is 0 Å². The van der Waals surface area contributed by atoms with Crippen LogP contribution in [0.2, 0.25) is 0 Å². The second kappa shape index (κ2) is 10.2. The van der Waals surface area contributed by atoms with E-state index in [0.717, 1.165) is 23.1 Å². The average molecular weight is 420 g/mol. The van der Waals surface area contributed by atoms with Gasteiger partial charge in [-0.3, -0.25) is 4.79 Å². The number of ether oxygens (including phenoxy) is 2. The Hall–Kier alpha value is -2.01. The monoisotopic (exact) mass is 419 g/mol. The maximum Gasteiger partial charge on any atom is 0.262 e. The molecule has 0 aliphatic heterocycles. The minimum absolute atomic E-state index is 0.0463. The van der Waals surface area contributed by atoms with Crippen molar-refractivity contribution in [3.8, 4) is 11.5 Å². The second-order valence-corrected chi connectivity index (χ2v) is 7.06. The molecule has 0 saturated carbocycles. The molecule has 26 heavy (non-hydrogen) atoms. The summed E-state index contributed by atoms with van der Waals surface area (Å²) in [6.07, 6.45) is 2.04. The fourth-order valence-corrected chi connectivity index (χ4v) is 2.88. The van der Waals surface area contributed by atoms with Gasteiger partial charge in [0, 0.05) is 5.69 Å². The van der Waals surface area contributed by atoms with E-state index in [1.807, 2.05) is 36.4 Å². The molecule has 2 aromatic carbocycles. The predicted molar refractivity (Wildman–Crippen MR) is 109 cm³/mol. The zero-order chi connectivity index (χ0) is 18.9. The summed E-state index contributed by atoms with van der Waals surface area (Å²) in [4.78, 5) is 12.1. The fourth-order valence-electron chi connectivity index (χ4n) is 2.37. The zero-order valence-corrected chi connectivity index (χ0v) is 17.1. The van der Waals surface area contributed by atoms with Crippen molar-refractivity contribution in [3.05, 3.63) is 52.5 Å². The lowest BCUT2D eigenvalue weighted by atomic mass is 9.99. The molecule has 0 saturated heterocycles. The number of benzene rings is 2. The van der Waals surface area contributed by atoms with Crippen LogP contribution in [0.3, 0.4) is 0 Å². The summed E-state index contributed by atoms with van der Waals surface area (Å²) in [5.41, 5.74) is 1.97. The molecule has 5 heteroatoms. The summed E-state index contributed by atoms with van der Waals surface area (Å²) >= 11 is 3.52. The van der Waals surface area contributed by atoms with Crippen molar-refractivity contribution < 1.29 is 14.3 Å². The Morgan fingerprint density at radius 1 is 1.12 bits per heavy atom. The van der Waals surface area contributed by atoms with Gasteiger partial charge in [-0.15, -0.1) is 0 Å². The Kier molecular flexibility index (Phi) is 7.98. The SMILES string of the molecule is CCCOc1ccc(NC(=O)COc2ccc(C(C)CC)cc2Br)cc1. The maximum atomic E-state index is 12.1. The molecule has 1 unspecified atom stereocenters. The largest absolute Gasteiger partial charge is 0.494 e. The number of nitrogens with one attached hydrogen (secondary N) is 1. The molecular formula is C21H26BrNO3. The van der Waals surface area contributed by atoms with Crippen molar-refractivity contribution in [2.24, 2.45) is 0 Å². The lowest BCUT2D eigenvalue weighted by molar-refractivity contribution is -0.118. The van der Waals surface area contributed by atoms with E-state index in [2.05, 4.69) is 48.1 Å². The number of hydrogen-bond donors (Lipinski definition) is 1. The van der Waals surface area contributed by atoms with Crippen LogP contribution in [0.15, 0.2) is 46.9 Å². The van der Waals surface area contributed by atoms with E-state index in [4.69, 9.17) is 9.47 Å². The normalized spacial score (nSPS) is 11.7. The molecule has 0 fully saturated rings. The van der Waals surface area contributed by atoms with Crippen molar-refractivity contribution >= 4 is 27.5 Å². The number of hydrogen-bond acceptors (Lipinski definition) is 3. The Morgan fingerprint density at radius 3 is 2.46 bits per heavy atom. The minimum Gasteiger partial charge on any atom is -0.494 e. The van der Waals surface area contributed by atoms with Gasteiger partial charge in [-0.05, 0) is 76.7 Å². The van der Waals surface area contributed by atoms with Crippen LogP contribution in [0.4, 0.5) is 5.69 Å². The van der Waals surface area contributed by atoms with Gasteiger partial charge in [-0.2, -0.15) is 0 Å². The van der Waals surface area contributed by atoms with Crippen molar-refractivity contribution in [1.82, 2.24) is 0 Å². The third-order valence-electron chi connectivity index (χ3n) is 4.11. The third-order valence-corrected chi connectivity index (χ3v) is 4.73. The van der Waals surface area contributed by atoms with Gasteiger partial charge in [-0.25, -0.2) is 0 Å². The quantitative estimate of drug-likeness (QED) is 0.560. The summed E-state index contributed by atoms with van der Waals surface area (Å²) in [5.74, 6) is 1.75. The Labute approximate surface area is 164 Å². The van der Waals surface area contributed by atoms with Crippen molar-refractivity contribution in [1.29, 1.82) is 0 Å². The number of halogens is 1. The van der Waals surface area contributed by atoms with Crippen LogP contribution < -0.4 is 14.8 Å². The fraction of sp³-hybridized carbons (Fsp3) is 0.381. The number of rotatable bonds is 9. The van der Waals surface area contributed by atoms with E-state index in [1.54, 1.807) is 0 Å². The first-order valence-electron chi connectivity index (χ1n) is 8.98. The minimum atomic E-state index is -0.204. The van der Waals surface area contributed by atoms with Gasteiger partial charge in [0.15, 0.2) is 6.61 Å². The lowest BCUT2D eigenvalue weighted by Gasteiger charge is -2.13. The molecule has 1 N–H and O–H groups in total. The predicted octanol–water partition coefficient (Wildman–Crippen LogP) is 5.77. The zero-order valence-electron chi connectivity index (χ0n) is 15.5.